The summed E-state index contributed by atoms with van der Waals surface area (Å²) in [4.78, 5) is 29.2. The molecule has 11 nitrogen and oxygen atoms in total. The van der Waals surface area contributed by atoms with Gasteiger partial charge in [0.15, 0.2) is 0 Å². The third kappa shape index (κ3) is 6.61. The molecule has 0 spiro atoms. The third-order valence-corrected chi connectivity index (χ3v) is 8.74. The van der Waals surface area contributed by atoms with Crippen LogP contribution in [-0.4, -0.2) is 67.5 Å². The second kappa shape index (κ2) is 12.3. The maximum absolute atomic E-state index is 13.0. The first-order chi connectivity index (χ1) is 19.7. The number of rotatable bonds is 11. The number of ether oxygens (including phenoxy) is 1. The molecule has 1 atom stereocenters. The summed E-state index contributed by atoms with van der Waals surface area (Å²) < 4.78 is 35.5. The van der Waals surface area contributed by atoms with Crippen LogP contribution in [0.1, 0.15) is 71.6 Å². The van der Waals surface area contributed by atoms with Gasteiger partial charge in [0, 0.05) is 19.2 Å². The quantitative estimate of drug-likeness (QED) is 0.187. The van der Waals surface area contributed by atoms with E-state index in [0.717, 1.165) is 29.5 Å². The van der Waals surface area contributed by atoms with Crippen molar-refractivity contribution in [1.82, 2.24) is 19.9 Å². The number of aryl methyl sites for hydroxylation is 1. The fourth-order valence-corrected chi connectivity index (χ4v) is 6.15. The highest BCUT2D eigenvalue weighted by Gasteiger charge is 2.36. The second-order valence-corrected chi connectivity index (χ2v) is 11.9. The van der Waals surface area contributed by atoms with E-state index >= 15 is 0 Å². The van der Waals surface area contributed by atoms with Crippen LogP contribution in [0.15, 0.2) is 34.7 Å². The lowest BCUT2D eigenvalue weighted by Gasteiger charge is -2.36. The van der Waals surface area contributed by atoms with Crippen molar-refractivity contribution in [3.63, 3.8) is 0 Å². The number of furan rings is 1. The number of fused-ring (bicyclic) bond motifs is 1. The predicted molar refractivity (Wildman–Crippen MR) is 154 cm³/mol. The standard InChI is InChI=1S/C29H36N4O7S/c1-18-4-6-20(7-5-18)25-24(26(34)30-2)22-16-21(19-8-9-19)23(32-27(22)39-25)17-33(41(37)38)15-3-10-29(40-28(35)36)11-13-31-14-12-29/h4-7,16,19,31H,3,8-15,17H2,1-2H3,(H,30,34)(H,35,36)(H,37,38). The molecule has 1 amide bonds. The van der Waals surface area contributed by atoms with Gasteiger partial charge in [-0.15, -0.1) is 0 Å². The lowest BCUT2D eigenvalue weighted by atomic mass is 9.87. The Morgan fingerprint density at radius 1 is 1.24 bits per heavy atom. The minimum Gasteiger partial charge on any atom is -0.450 e. The lowest BCUT2D eigenvalue weighted by molar-refractivity contribution is -0.0441. The summed E-state index contributed by atoms with van der Waals surface area (Å²) in [6.45, 7) is 3.66. The largest absolute Gasteiger partial charge is 0.506 e. The number of amides is 1. The molecule has 1 aliphatic heterocycles. The molecule has 1 aromatic carbocycles. The molecule has 1 saturated heterocycles. The number of hydrogen-bond acceptors (Lipinski definition) is 7. The Morgan fingerprint density at radius 2 is 1.95 bits per heavy atom. The van der Waals surface area contributed by atoms with Crippen LogP contribution in [0.25, 0.3) is 22.4 Å². The average Bonchev–Trinajstić information content (AvgIpc) is 3.72. The monoisotopic (exact) mass is 584 g/mol. The summed E-state index contributed by atoms with van der Waals surface area (Å²) >= 11 is -2.28. The normalized spacial score (nSPS) is 17.5. The molecule has 3 heterocycles. The number of nitrogens with one attached hydrogen (secondary N) is 2. The van der Waals surface area contributed by atoms with E-state index < -0.39 is 23.0 Å². The molecule has 5 rings (SSSR count). The van der Waals surface area contributed by atoms with E-state index in [2.05, 4.69) is 10.6 Å². The molecule has 220 valence electrons. The number of pyridine rings is 1. The van der Waals surface area contributed by atoms with Crippen LogP contribution >= 0.6 is 0 Å². The summed E-state index contributed by atoms with van der Waals surface area (Å²) in [5, 5.41) is 15.8. The Hall–Kier alpha value is -3.32. The zero-order valence-corrected chi connectivity index (χ0v) is 24.1. The number of benzene rings is 1. The van der Waals surface area contributed by atoms with E-state index in [1.807, 2.05) is 37.3 Å². The van der Waals surface area contributed by atoms with Crippen LogP contribution in [0.4, 0.5) is 4.79 Å². The number of carbonyl (C=O) groups is 2. The highest BCUT2D eigenvalue weighted by molar-refractivity contribution is 7.76. The molecular formula is C29H36N4O7S. The zero-order chi connectivity index (χ0) is 29.1. The van der Waals surface area contributed by atoms with Gasteiger partial charge in [-0.05, 0) is 76.1 Å². The molecule has 3 aromatic rings. The van der Waals surface area contributed by atoms with Gasteiger partial charge in [0.25, 0.3) is 5.91 Å². The molecule has 12 heteroatoms. The van der Waals surface area contributed by atoms with Gasteiger partial charge in [0.2, 0.25) is 17.0 Å². The van der Waals surface area contributed by atoms with Crippen molar-refractivity contribution in [2.24, 2.45) is 0 Å². The number of carbonyl (C=O) groups excluding carboxylic acids is 1. The smallest absolute Gasteiger partial charge is 0.450 e. The Bertz CT molecular complexity index is 1450. The maximum atomic E-state index is 13.0. The van der Waals surface area contributed by atoms with Gasteiger partial charge in [0.1, 0.15) is 11.4 Å². The van der Waals surface area contributed by atoms with E-state index in [1.165, 1.54) is 4.31 Å². The van der Waals surface area contributed by atoms with Crippen molar-refractivity contribution in [3.05, 3.63) is 52.7 Å². The molecular weight excluding hydrogens is 548 g/mol. The molecule has 0 radical (unpaired) electrons. The predicted octanol–water partition coefficient (Wildman–Crippen LogP) is 4.58. The SMILES string of the molecule is CNC(=O)c1c(-c2ccc(C)cc2)oc2nc(CN(CCCC3(OC(=O)O)CCNCC3)S(=O)O)c(C3CC3)cc12. The molecule has 0 bridgehead atoms. The Labute approximate surface area is 241 Å². The zero-order valence-electron chi connectivity index (χ0n) is 23.3. The van der Waals surface area contributed by atoms with E-state index in [4.69, 9.17) is 14.1 Å². The number of aromatic nitrogens is 1. The maximum Gasteiger partial charge on any atom is 0.506 e. The molecule has 2 aromatic heterocycles. The number of piperidine rings is 1. The van der Waals surface area contributed by atoms with Crippen molar-refractivity contribution in [1.29, 1.82) is 0 Å². The topological polar surface area (TPSA) is 154 Å². The van der Waals surface area contributed by atoms with Crippen LogP contribution < -0.4 is 10.6 Å². The van der Waals surface area contributed by atoms with Gasteiger partial charge < -0.3 is 24.9 Å². The van der Waals surface area contributed by atoms with Crippen LogP contribution in [0, 0.1) is 6.92 Å². The minimum absolute atomic E-state index is 0.106. The lowest BCUT2D eigenvalue weighted by Crippen LogP contribution is -2.45. The van der Waals surface area contributed by atoms with Crippen molar-refractivity contribution >= 4 is 34.4 Å². The first kappa shape index (κ1) is 29.2. The highest BCUT2D eigenvalue weighted by atomic mass is 32.2. The molecule has 41 heavy (non-hydrogen) atoms. The van der Waals surface area contributed by atoms with Crippen LogP contribution in [0.5, 0.6) is 0 Å². The van der Waals surface area contributed by atoms with E-state index in [-0.39, 0.29) is 24.9 Å². The number of nitrogens with zero attached hydrogens (tertiary/aromatic N) is 2. The van der Waals surface area contributed by atoms with E-state index in [1.54, 1.807) is 7.05 Å². The molecule has 2 aliphatic rings. The summed E-state index contributed by atoms with van der Waals surface area (Å²) in [6, 6.07) is 9.66. The van der Waals surface area contributed by atoms with Gasteiger partial charge in [-0.2, -0.15) is 4.31 Å². The first-order valence-corrected chi connectivity index (χ1v) is 15.0. The van der Waals surface area contributed by atoms with Crippen molar-refractivity contribution in [3.8, 4) is 11.3 Å². The Balaban J connectivity index is 1.44. The van der Waals surface area contributed by atoms with Crippen molar-refractivity contribution in [2.45, 2.75) is 63.5 Å². The van der Waals surface area contributed by atoms with Crippen LogP contribution in [0.3, 0.4) is 0 Å². The summed E-state index contributed by atoms with van der Waals surface area (Å²) in [5.74, 6) is 0.413. The molecule has 1 aliphatic carbocycles. The van der Waals surface area contributed by atoms with Gasteiger partial charge in [-0.25, -0.2) is 14.0 Å². The summed E-state index contributed by atoms with van der Waals surface area (Å²) in [5.41, 5.74) is 3.33. The summed E-state index contributed by atoms with van der Waals surface area (Å²) in [7, 11) is 1.58. The van der Waals surface area contributed by atoms with Gasteiger partial charge in [0.05, 0.1) is 23.2 Å². The van der Waals surface area contributed by atoms with E-state index in [0.29, 0.717) is 66.9 Å². The molecule has 2 fully saturated rings. The van der Waals surface area contributed by atoms with Crippen molar-refractivity contribution < 1.29 is 32.6 Å². The summed E-state index contributed by atoms with van der Waals surface area (Å²) in [6.07, 6.45) is 2.68. The second-order valence-electron chi connectivity index (χ2n) is 10.9. The first-order valence-electron chi connectivity index (χ1n) is 13.9. The van der Waals surface area contributed by atoms with Crippen molar-refractivity contribution in [2.75, 3.05) is 26.7 Å². The number of hydrogen-bond donors (Lipinski definition) is 4. The average molecular weight is 585 g/mol. The van der Waals surface area contributed by atoms with Gasteiger partial charge in [-0.1, -0.05) is 29.8 Å². The molecule has 1 unspecified atom stereocenters. The van der Waals surface area contributed by atoms with Gasteiger partial charge >= 0.3 is 6.16 Å². The fraction of sp³-hybridized carbons (Fsp3) is 0.483. The van der Waals surface area contributed by atoms with Crippen LogP contribution in [-0.2, 0) is 22.5 Å². The Kier molecular flexibility index (Phi) is 8.74. The highest BCUT2D eigenvalue weighted by Crippen LogP contribution is 2.44. The minimum atomic E-state index is -2.28. The fourth-order valence-electron chi connectivity index (χ4n) is 5.64. The van der Waals surface area contributed by atoms with Crippen LogP contribution in [0.2, 0.25) is 0 Å². The van der Waals surface area contributed by atoms with Gasteiger partial charge in [-0.3, -0.25) is 9.35 Å². The third-order valence-electron chi connectivity index (χ3n) is 7.99. The number of carboxylic acid groups (broad SMARTS) is 1. The van der Waals surface area contributed by atoms with E-state index in [9.17, 15) is 23.5 Å². The molecule has 1 saturated carbocycles. The molecule has 4 N–H and O–H groups in total. The Morgan fingerprint density at radius 3 is 2.56 bits per heavy atom.